The van der Waals surface area contributed by atoms with E-state index in [4.69, 9.17) is 18.0 Å². The number of carbonyl (C=O) groups is 1. The van der Waals surface area contributed by atoms with Crippen LogP contribution in [0, 0.1) is 0 Å². The van der Waals surface area contributed by atoms with Crippen LogP contribution < -0.4 is 11.1 Å². The lowest BCUT2D eigenvalue weighted by Crippen LogP contribution is -2.42. The smallest absolute Gasteiger partial charge is 0.241 e. The van der Waals surface area contributed by atoms with Crippen LogP contribution in [0.15, 0.2) is 24.3 Å². The monoisotopic (exact) mass is 307 g/mol. The summed E-state index contributed by atoms with van der Waals surface area (Å²) >= 11 is 4.91. The molecule has 0 saturated heterocycles. The summed E-state index contributed by atoms with van der Waals surface area (Å²) < 4.78 is 0. The van der Waals surface area contributed by atoms with Crippen molar-refractivity contribution in [2.24, 2.45) is 5.73 Å². The second kappa shape index (κ2) is 8.74. The van der Waals surface area contributed by atoms with Crippen LogP contribution in [0.2, 0.25) is 0 Å². The molecule has 3 N–H and O–H groups in total. The molecule has 1 rings (SSSR count). The number of nitrogens with zero attached hydrogens (tertiary/aromatic N) is 1. The van der Waals surface area contributed by atoms with Gasteiger partial charge in [-0.15, -0.1) is 0 Å². The lowest BCUT2D eigenvalue weighted by molar-refractivity contribution is -0.120. The summed E-state index contributed by atoms with van der Waals surface area (Å²) in [6.07, 6.45) is 2.08. The minimum Gasteiger partial charge on any atom is -0.389 e. The number of anilines is 1. The van der Waals surface area contributed by atoms with Gasteiger partial charge in [0.2, 0.25) is 5.91 Å². The second-order valence-corrected chi connectivity index (χ2v) is 5.58. The van der Waals surface area contributed by atoms with Gasteiger partial charge < -0.3 is 11.1 Å². The molecule has 1 amide bonds. The Morgan fingerprint density at radius 3 is 2.19 bits per heavy atom. The summed E-state index contributed by atoms with van der Waals surface area (Å²) in [5, 5.41) is 2.94. The normalized spacial score (nSPS) is 12.2. The Hall–Kier alpha value is -1.46. The van der Waals surface area contributed by atoms with E-state index in [2.05, 4.69) is 24.1 Å². The first-order chi connectivity index (χ1) is 9.99. The second-order valence-electron chi connectivity index (χ2n) is 5.14. The van der Waals surface area contributed by atoms with Crippen molar-refractivity contribution in [3.8, 4) is 0 Å². The lowest BCUT2D eigenvalue weighted by atomic mass is 10.2. The van der Waals surface area contributed by atoms with Crippen LogP contribution in [-0.2, 0) is 4.79 Å². The van der Waals surface area contributed by atoms with Crippen LogP contribution in [-0.4, -0.2) is 34.9 Å². The molecule has 0 aliphatic heterocycles. The molecule has 0 saturated carbocycles. The van der Waals surface area contributed by atoms with Crippen LogP contribution in [0.4, 0.5) is 5.69 Å². The molecule has 1 atom stereocenters. The lowest BCUT2D eigenvalue weighted by Gasteiger charge is -2.27. The van der Waals surface area contributed by atoms with E-state index in [0.717, 1.165) is 37.2 Å². The van der Waals surface area contributed by atoms with Crippen LogP contribution in [0.3, 0.4) is 0 Å². The topological polar surface area (TPSA) is 58.4 Å². The number of carbonyl (C=O) groups excluding carboxylic acids is 1. The van der Waals surface area contributed by atoms with Crippen molar-refractivity contribution in [2.75, 3.05) is 18.4 Å². The summed E-state index contributed by atoms with van der Waals surface area (Å²) in [5.74, 6) is 0.0139. The fourth-order valence-corrected chi connectivity index (χ4v) is 2.34. The van der Waals surface area contributed by atoms with Gasteiger partial charge in [0.05, 0.1) is 6.04 Å². The van der Waals surface area contributed by atoms with Gasteiger partial charge in [-0.2, -0.15) is 0 Å². The number of thiocarbonyl (C=S) groups is 1. The van der Waals surface area contributed by atoms with Gasteiger partial charge in [-0.25, -0.2) is 0 Å². The van der Waals surface area contributed by atoms with Crippen molar-refractivity contribution in [1.29, 1.82) is 0 Å². The van der Waals surface area contributed by atoms with E-state index in [1.54, 1.807) is 0 Å². The van der Waals surface area contributed by atoms with Crippen LogP contribution >= 0.6 is 12.2 Å². The Bertz CT molecular complexity index is 467. The molecule has 21 heavy (non-hydrogen) atoms. The largest absolute Gasteiger partial charge is 0.389 e. The molecule has 0 bridgehead atoms. The molecule has 0 aliphatic rings. The first kappa shape index (κ1) is 17.6. The molecule has 0 heterocycles. The van der Waals surface area contributed by atoms with Gasteiger partial charge in [-0.05, 0) is 57.1 Å². The molecule has 1 aromatic carbocycles. The molecule has 1 unspecified atom stereocenters. The fourth-order valence-electron chi connectivity index (χ4n) is 2.20. The standard InChI is InChI=1S/C16H25N3OS/c1-4-10-19(11-5-2)12(3)16(20)18-14-8-6-13(7-9-14)15(17)21/h6-9,12H,4-5,10-11H2,1-3H3,(H2,17,21)(H,18,20). The summed E-state index contributed by atoms with van der Waals surface area (Å²) in [4.78, 5) is 14.9. The summed E-state index contributed by atoms with van der Waals surface area (Å²) in [6.45, 7) is 8.07. The van der Waals surface area contributed by atoms with Crippen molar-refractivity contribution in [1.82, 2.24) is 4.90 Å². The number of nitrogens with two attached hydrogens (primary N) is 1. The third-order valence-electron chi connectivity index (χ3n) is 3.39. The zero-order chi connectivity index (χ0) is 15.8. The van der Waals surface area contributed by atoms with Crippen LogP contribution in [0.5, 0.6) is 0 Å². The van der Waals surface area contributed by atoms with E-state index < -0.39 is 0 Å². The molecule has 4 nitrogen and oxygen atoms in total. The average Bonchev–Trinajstić information content (AvgIpc) is 2.46. The Kier molecular flexibility index (Phi) is 7.32. The van der Waals surface area contributed by atoms with Gasteiger partial charge in [0.1, 0.15) is 4.99 Å². The minimum absolute atomic E-state index is 0.0139. The molecule has 116 valence electrons. The zero-order valence-corrected chi connectivity index (χ0v) is 13.9. The first-order valence-electron chi connectivity index (χ1n) is 7.44. The van der Waals surface area contributed by atoms with Crippen molar-refractivity contribution in [2.45, 2.75) is 39.7 Å². The Morgan fingerprint density at radius 1 is 1.24 bits per heavy atom. The average molecular weight is 307 g/mol. The summed E-state index contributed by atoms with van der Waals surface area (Å²) in [5.41, 5.74) is 7.12. The molecular formula is C16H25N3OS. The quantitative estimate of drug-likeness (QED) is 0.725. The van der Waals surface area contributed by atoms with Gasteiger partial charge in [0.25, 0.3) is 0 Å². The Labute approximate surface area is 132 Å². The maximum absolute atomic E-state index is 12.3. The molecule has 0 aromatic heterocycles. The van der Waals surface area contributed by atoms with E-state index in [9.17, 15) is 4.79 Å². The summed E-state index contributed by atoms with van der Waals surface area (Å²) in [7, 11) is 0. The van der Waals surface area contributed by atoms with E-state index in [0.29, 0.717) is 4.99 Å². The molecule has 1 aromatic rings. The highest BCUT2D eigenvalue weighted by molar-refractivity contribution is 7.80. The van der Waals surface area contributed by atoms with Gasteiger partial charge in [0, 0.05) is 11.3 Å². The van der Waals surface area contributed by atoms with Crippen molar-refractivity contribution < 1.29 is 4.79 Å². The maximum Gasteiger partial charge on any atom is 0.241 e. The van der Waals surface area contributed by atoms with Crippen LogP contribution in [0.1, 0.15) is 39.2 Å². The number of rotatable bonds is 8. The zero-order valence-electron chi connectivity index (χ0n) is 13.1. The highest BCUT2D eigenvalue weighted by Gasteiger charge is 2.19. The third-order valence-corrected chi connectivity index (χ3v) is 3.62. The number of hydrogen-bond donors (Lipinski definition) is 2. The summed E-state index contributed by atoms with van der Waals surface area (Å²) in [6, 6.07) is 7.14. The maximum atomic E-state index is 12.3. The molecule has 0 spiro atoms. The van der Waals surface area contributed by atoms with Crippen molar-refractivity contribution in [3.05, 3.63) is 29.8 Å². The Morgan fingerprint density at radius 2 is 1.76 bits per heavy atom. The van der Waals surface area contributed by atoms with E-state index in [-0.39, 0.29) is 11.9 Å². The molecule has 0 radical (unpaired) electrons. The SMILES string of the molecule is CCCN(CCC)C(C)C(=O)Nc1ccc(C(N)=S)cc1. The van der Waals surface area contributed by atoms with E-state index in [1.165, 1.54) is 0 Å². The Balaban J connectivity index is 2.67. The molecule has 0 fully saturated rings. The molecule has 0 aliphatic carbocycles. The van der Waals surface area contributed by atoms with Gasteiger partial charge in [-0.3, -0.25) is 9.69 Å². The fraction of sp³-hybridized carbons (Fsp3) is 0.500. The highest BCUT2D eigenvalue weighted by Crippen LogP contribution is 2.11. The predicted octanol–water partition coefficient (Wildman–Crippen LogP) is 2.77. The van der Waals surface area contributed by atoms with Crippen molar-refractivity contribution in [3.63, 3.8) is 0 Å². The molecular weight excluding hydrogens is 282 g/mol. The van der Waals surface area contributed by atoms with Crippen LogP contribution in [0.25, 0.3) is 0 Å². The van der Waals surface area contributed by atoms with Crippen molar-refractivity contribution >= 4 is 28.8 Å². The molecule has 5 heteroatoms. The van der Waals surface area contributed by atoms with E-state index in [1.807, 2.05) is 31.2 Å². The minimum atomic E-state index is -0.139. The number of amides is 1. The van der Waals surface area contributed by atoms with Gasteiger partial charge >= 0.3 is 0 Å². The predicted molar refractivity (Wildman–Crippen MR) is 92.6 cm³/mol. The number of hydrogen-bond acceptors (Lipinski definition) is 3. The number of nitrogens with one attached hydrogen (secondary N) is 1. The van der Waals surface area contributed by atoms with E-state index >= 15 is 0 Å². The first-order valence-corrected chi connectivity index (χ1v) is 7.85. The van der Waals surface area contributed by atoms with Gasteiger partial charge in [0.15, 0.2) is 0 Å². The number of benzene rings is 1. The third kappa shape index (κ3) is 5.44. The van der Waals surface area contributed by atoms with Gasteiger partial charge in [-0.1, -0.05) is 26.1 Å². The highest BCUT2D eigenvalue weighted by atomic mass is 32.1.